The maximum Gasteiger partial charge on any atom is 0.407 e. The molecule has 0 radical (unpaired) electrons. The van der Waals surface area contributed by atoms with Gasteiger partial charge >= 0.3 is 6.09 Å². The van der Waals surface area contributed by atoms with Crippen molar-refractivity contribution in [3.05, 3.63) is 40.3 Å². The molecule has 3 fully saturated rings. The van der Waals surface area contributed by atoms with Crippen molar-refractivity contribution < 1.29 is 14.7 Å². The number of likely N-dealkylation sites (tertiary alicyclic amines) is 1. The van der Waals surface area contributed by atoms with E-state index in [9.17, 15) is 14.7 Å². The van der Waals surface area contributed by atoms with Crippen LogP contribution in [0.15, 0.2) is 30.3 Å². The van der Waals surface area contributed by atoms with Gasteiger partial charge in [0.25, 0.3) is 0 Å². The summed E-state index contributed by atoms with van der Waals surface area (Å²) in [6.07, 6.45) is 2.43. The Morgan fingerprint density at radius 2 is 1.90 bits per heavy atom. The average molecular weight is 414 g/mol. The Morgan fingerprint density at radius 3 is 2.55 bits per heavy atom. The largest absolute Gasteiger partial charge is 0.465 e. The zero-order valence-electron chi connectivity index (χ0n) is 16.0. The fourth-order valence-corrected chi connectivity index (χ4v) is 5.41. The van der Waals surface area contributed by atoms with Crippen molar-refractivity contribution in [2.75, 3.05) is 24.7 Å². The minimum Gasteiger partial charge on any atom is -0.465 e. The van der Waals surface area contributed by atoms with E-state index in [-0.39, 0.29) is 5.91 Å². The summed E-state index contributed by atoms with van der Waals surface area (Å²) in [6, 6.07) is 9.92. The molecule has 0 unspecified atom stereocenters. The summed E-state index contributed by atoms with van der Waals surface area (Å²) in [5.41, 5.74) is 0.292. The first-order valence-corrected chi connectivity index (χ1v) is 10.8. The molecule has 2 amide bonds. The van der Waals surface area contributed by atoms with Gasteiger partial charge in [0.15, 0.2) is 0 Å². The lowest BCUT2D eigenvalue weighted by atomic mass is 9.85. The standard InChI is InChI=1S/C20H23N5O3S/c26-18-20(8-10-23(11-9-20)19(27)28)25(15-4-2-1-3-5-15)13-24(18)12-16-21-22-17(29-16)14-6-7-14/h1-5,14H,6-13H2,(H,27,28). The molecule has 1 aromatic heterocycles. The number of amides is 2. The third kappa shape index (κ3) is 3.23. The smallest absolute Gasteiger partial charge is 0.407 e. The van der Waals surface area contributed by atoms with Crippen molar-refractivity contribution in [3.63, 3.8) is 0 Å². The van der Waals surface area contributed by atoms with Gasteiger partial charge in [-0.15, -0.1) is 10.2 Å². The number of anilines is 1. The van der Waals surface area contributed by atoms with Gasteiger partial charge in [0.05, 0.1) is 13.2 Å². The number of hydrogen-bond acceptors (Lipinski definition) is 6. The molecular formula is C20H23N5O3S. The molecule has 152 valence electrons. The number of nitrogens with zero attached hydrogens (tertiary/aromatic N) is 5. The van der Waals surface area contributed by atoms with Crippen LogP contribution >= 0.6 is 11.3 Å². The topological polar surface area (TPSA) is 89.9 Å². The molecule has 1 saturated carbocycles. The Kier molecular flexibility index (Phi) is 4.42. The highest BCUT2D eigenvalue weighted by Gasteiger charge is 2.54. The summed E-state index contributed by atoms with van der Waals surface area (Å²) in [4.78, 5) is 30.3. The van der Waals surface area contributed by atoms with E-state index in [0.29, 0.717) is 45.1 Å². The van der Waals surface area contributed by atoms with Crippen LogP contribution in [-0.4, -0.2) is 62.4 Å². The third-order valence-electron chi connectivity index (χ3n) is 6.18. The Balaban J connectivity index is 1.41. The highest BCUT2D eigenvalue weighted by atomic mass is 32.1. The van der Waals surface area contributed by atoms with Crippen molar-refractivity contribution in [1.29, 1.82) is 0 Å². The molecule has 3 aliphatic rings. The van der Waals surface area contributed by atoms with Crippen LogP contribution in [0.4, 0.5) is 10.5 Å². The van der Waals surface area contributed by atoms with E-state index < -0.39 is 11.6 Å². The quantitative estimate of drug-likeness (QED) is 0.829. The molecule has 1 aromatic carbocycles. The maximum atomic E-state index is 13.6. The Bertz CT molecular complexity index is 921. The number of rotatable bonds is 4. The fraction of sp³-hybridized carbons (Fsp3) is 0.500. The molecule has 1 aliphatic carbocycles. The maximum absolute atomic E-state index is 13.6. The van der Waals surface area contributed by atoms with Crippen LogP contribution in [-0.2, 0) is 11.3 Å². The van der Waals surface area contributed by atoms with E-state index in [1.807, 2.05) is 35.2 Å². The molecule has 1 spiro atoms. The molecule has 0 atom stereocenters. The van der Waals surface area contributed by atoms with Crippen molar-refractivity contribution in [1.82, 2.24) is 20.0 Å². The van der Waals surface area contributed by atoms with E-state index in [1.165, 1.54) is 17.7 Å². The Hall–Kier alpha value is -2.68. The van der Waals surface area contributed by atoms with Crippen LogP contribution in [0.5, 0.6) is 0 Å². The zero-order chi connectivity index (χ0) is 20.0. The Labute approximate surface area is 172 Å². The molecule has 5 rings (SSSR count). The minimum absolute atomic E-state index is 0.0644. The average Bonchev–Trinajstić information content (AvgIpc) is 3.44. The second-order valence-corrected chi connectivity index (χ2v) is 9.11. The first-order valence-electron chi connectivity index (χ1n) is 9.99. The lowest BCUT2D eigenvalue weighted by molar-refractivity contribution is -0.134. The lowest BCUT2D eigenvalue weighted by Crippen LogP contribution is -2.57. The Morgan fingerprint density at radius 1 is 1.17 bits per heavy atom. The van der Waals surface area contributed by atoms with Crippen molar-refractivity contribution >= 4 is 29.0 Å². The summed E-state index contributed by atoms with van der Waals surface area (Å²) in [6.45, 7) is 1.66. The zero-order valence-corrected chi connectivity index (χ0v) is 16.8. The van der Waals surface area contributed by atoms with Crippen LogP contribution in [0.1, 0.15) is 41.6 Å². The van der Waals surface area contributed by atoms with Gasteiger partial charge in [0.1, 0.15) is 15.6 Å². The summed E-state index contributed by atoms with van der Waals surface area (Å²) in [7, 11) is 0. The summed E-state index contributed by atoms with van der Waals surface area (Å²) in [5, 5.41) is 19.9. The molecule has 9 heteroatoms. The van der Waals surface area contributed by atoms with E-state index in [4.69, 9.17) is 0 Å². The summed E-state index contributed by atoms with van der Waals surface area (Å²) in [5.74, 6) is 0.623. The molecule has 29 heavy (non-hydrogen) atoms. The number of carbonyl (C=O) groups excluding carboxylic acids is 1. The van der Waals surface area contributed by atoms with Gasteiger partial charge in [-0.3, -0.25) is 4.79 Å². The number of aromatic nitrogens is 2. The summed E-state index contributed by atoms with van der Waals surface area (Å²) < 4.78 is 0. The highest BCUT2D eigenvalue weighted by molar-refractivity contribution is 7.11. The lowest BCUT2D eigenvalue weighted by Gasteiger charge is -2.42. The first kappa shape index (κ1) is 18.4. The number of hydrogen-bond donors (Lipinski definition) is 1. The predicted molar refractivity (Wildman–Crippen MR) is 108 cm³/mol. The molecule has 2 aliphatic heterocycles. The van der Waals surface area contributed by atoms with E-state index in [2.05, 4.69) is 15.1 Å². The number of benzene rings is 1. The van der Waals surface area contributed by atoms with E-state index in [1.54, 1.807) is 11.3 Å². The molecule has 2 aromatic rings. The second kappa shape index (κ2) is 6.98. The van der Waals surface area contributed by atoms with Gasteiger partial charge in [0, 0.05) is 24.7 Å². The molecular weight excluding hydrogens is 390 g/mol. The van der Waals surface area contributed by atoms with Crippen LogP contribution in [0.3, 0.4) is 0 Å². The number of piperidine rings is 1. The molecule has 1 N–H and O–H groups in total. The molecule has 0 bridgehead atoms. The van der Waals surface area contributed by atoms with Gasteiger partial charge in [-0.25, -0.2) is 4.79 Å². The van der Waals surface area contributed by atoms with Gasteiger partial charge in [-0.05, 0) is 37.8 Å². The van der Waals surface area contributed by atoms with Crippen LogP contribution in [0.2, 0.25) is 0 Å². The number of para-hydroxylation sites is 1. The SMILES string of the molecule is O=C(O)N1CCC2(CC1)C(=O)N(Cc1nnc(C3CC3)s1)CN2c1ccccc1. The normalized spacial score (nSPS) is 21.2. The van der Waals surface area contributed by atoms with Gasteiger partial charge < -0.3 is 19.8 Å². The third-order valence-corrected chi connectivity index (χ3v) is 7.25. The monoisotopic (exact) mass is 413 g/mol. The van der Waals surface area contributed by atoms with Gasteiger partial charge in [0.2, 0.25) is 5.91 Å². The molecule has 2 saturated heterocycles. The minimum atomic E-state index is -0.921. The molecule has 3 heterocycles. The predicted octanol–water partition coefficient (Wildman–Crippen LogP) is 2.73. The number of carbonyl (C=O) groups is 2. The molecule has 8 nitrogen and oxygen atoms in total. The van der Waals surface area contributed by atoms with E-state index >= 15 is 0 Å². The van der Waals surface area contributed by atoms with Crippen LogP contribution in [0.25, 0.3) is 0 Å². The van der Waals surface area contributed by atoms with Crippen molar-refractivity contribution in [3.8, 4) is 0 Å². The van der Waals surface area contributed by atoms with Gasteiger partial charge in [-0.2, -0.15) is 0 Å². The summed E-state index contributed by atoms with van der Waals surface area (Å²) >= 11 is 1.61. The second-order valence-electron chi connectivity index (χ2n) is 8.02. The van der Waals surface area contributed by atoms with Crippen LogP contribution < -0.4 is 4.90 Å². The number of carboxylic acid groups (broad SMARTS) is 1. The van der Waals surface area contributed by atoms with Crippen LogP contribution in [0, 0.1) is 0 Å². The van der Waals surface area contributed by atoms with Crippen molar-refractivity contribution in [2.24, 2.45) is 0 Å². The fourth-order valence-electron chi connectivity index (χ4n) is 4.38. The van der Waals surface area contributed by atoms with Gasteiger partial charge in [-0.1, -0.05) is 29.5 Å². The first-order chi connectivity index (χ1) is 14.1. The van der Waals surface area contributed by atoms with E-state index in [0.717, 1.165) is 15.7 Å². The van der Waals surface area contributed by atoms with Crippen molar-refractivity contribution in [2.45, 2.75) is 43.7 Å². The highest BCUT2D eigenvalue weighted by Crippen LogP contribution is 2.42.